The van der Waals surface area contributed by atoms with Gasteiger partial charge in [0.25, 0.3) is 5.91 Å². The molecule has 3 N–H and O–H groups in total. The van der Waals surface area contributed by atoms with Crippen molar-refractivity contribution in [2.45, 2.75) is 12.8 Å². The van der Waals surface area contributed by atoms with Gasteiger partial charge >= 0.3 is 0 Å². The lowest BCUT2D eigenvalue weighted by Gasteiger charge is -2.27. The highest BCUT2D eigenvalue weighted by atomic mass is 35.5. The molecule has 0 spiro atoms. The molecule has 0 fully saturated rings. The number of halogens is 1. The number of hydrogen-bond acceptors (Lipinski definition) is 4. The lowest BCUT2D eigenvalue weighted by atomic mass is 10.0. The van der Waals surface area contributed by atoms with Gasteiger partial charge in [0, 0.05) is 16.9 Å². The fourth-order valence-electron chi connectivity index (χ4n) is 3.85. The molecule has 0 aliphatic carbocycles. The van der Waals surface area contributed by atoms with Crippen LogP contribution in [0.15, 0.2) is 66.7 Å². The first kappa shape index (κ1) is 23.3. The number of anilines is 4. The van der Waals surface area contributed by atoms with Crippen LogP contribution in [0, 0.1) is 0 Å². The van der Waals surface area contributed by atoms with Crippen molar-refractivity contribution in [2.75, 3.05) is 36.6 Å². The molecule has 6 nitrogen and oxygen atoms in total. The van der Waals surface area contributed by atoms with Crippen LogP contribution in [0.1, 0.15) is 21.5 Å². The summed E-state index contributed by atoms with van der Waals surface area (Å²) in [6.07, 6.45) is 1.68. The number of nitrogens with two attached hydrogens (primary N) is 1. The number of nitrogen functional groups attached to an aromatic ring is 1. The van der Waals surface area contributed by atoms with Gasteiger partial charge in [-0.25, -0.2) is 0 Å². The Balaban J connectivity index is 0.00000289. The summed E-state index contributed by atoms with van der Waals surface area (Å²) in [5.41, 5.74) is 11.4. The average Bonchev–Trinajstić information content (AvgIpc) is 2.90. The molecule has 0 radical (unpaired) electrons. The van der Waals surface area contributed by atoms with Crippen LogP contribution in [0.5, 0.6) is 0 Å². The van der Waals surface area contributed by atoms with Gasteiger partial charge < -0.3 is 28.4 Å². The lowest BCUT2D eigenvalue weighted by molar-refractivity contribution is -0.118. The molecule has 0 bridgehead atoms. The lowest BCUT2D eigenvalue weighted by Crippen LogP contribution is -3.00. The van der Waals surface area contributed by atoms with Gasteiger partial charge in [0.15, 0.2) is 0 Å². The predicted octanol–water partition coefficient (Wildman–Crippen LogP) is 0.850. The van der Waals surface area contributed by atoms with Crippen molar-refractivity contribution in [2.24, 2.45) is 0 Å². The van der Waals surface area contributed by atoms with Gasteiger partial charge in [-0.3, -0.25) is 14.5 Å². The van der Waals surface area contributed by atoms with E-state index in [1.165, 1.54) is 0 Å². The highest BCUT2D eigenvalue weighted by Gasteiger charge is 2.26. The summed E-state index contributed by atoms with van der Waals surface area (Å²) in [5, 5.41) is 2.94. The number of nitrogens with zero attached hydrogens (tertiary/aromatic N) is 2. The Morgan fingerprint density at radius 2 is 1.59 bits per heavy atom. The van der Waals surface area contributed by atoms with Crippen molar-refractivity contribution in [3.05, 3.63) is 83.4 Å². The van der Waals surface area contributed by atoms with Crippen LogP contribution in [0.2, 0.25) is 0 Å². The van der Waals surface area contributed by atoms with Crippen LogP contribution >= 0.6 is 0 Å². The number of nitrogens with one attached hydrogen (secondary N) is 1. The molecule has 0 unspecified atom stereocenters. The summed E-state index contributed by atoms with van der Waals surface area (Å²) in [6.45, 7) is 0.287. The minimum atomic E-state index is -0.222. The second-order valence-electron chi connectivity index (χ2n) is 8.02. The summed E-state index contributed by atoms with van der Waals surface area (Å²) in [7, 11) is 3.76. The van der Waals surface area contributed by atoms with E-state index in [9.17, 15) is 9.59 Å². The molecule has 4 rings (SSSR count). The van der Waals surface area contributed by atoms with E-state index in [2.05, 4.69) is 11.4 Å². The van der Waals surface area contributed by atoms with Gasteiger partial charge in [-0.1, -0.05) is 24.3 Å². The fraction of sp³-hybridized carbons (Fsp3) is 0.200. The maximum atomic E-state index is 13.3. The standard InChI is InChI=1S/C25H26N4O2.ClH/c1-28(2)16-24(30)29-22-6-4-3-5-17(22)7-8-18-11-14-21(15-23(18)29)27-25(31)19-9-12-20(26)13-10-19;/h3-6,9-15H,7-8,16,26H2,1-2H3,(H,27,31);1H/p-1. The van der Waals surface area contributed by atoms with E-state index < -0.39 is 0 Å². The Morgan fingerprint density at radius 1 is 0.938 bits per heavy atom. The molecule has 1 heterocycles. The van der Waals surface area contributed by atoms with Crippen LogP contribution in [0.4, 0.5) is 22.7 Å². The van der Waals surface area contributed by atoms with E-state index in [1.807, 2.05) is 55.4 Å². The van der Waals surface area contributed by atoms with Gasteiger partial charge in [0.1, 0.15) is 0 Å². The van der Waals surface area contributed by atoms with Crippen molar-refractivity contribution < 1.29 is 22.0 Å². The number of likely N-dealkylation sites (N-methyl/N-ethyl adjacent to an activating group) is 1. The number of hydrogen-bond donors (Lipinski definition) is 2. The molecule has 166 valence electrons. The number of amides is 2. The molecule has 7 heteroatoms. The minimum absolute atomic E-state index is 0. The summed E-state index contributed by atoms with van der Waals surface area (Å²) < 4.78 is 0. The molecule has 0 saturated carbocycles. The zero-order valence-electron chi connectivity index (χ0n) is 18.1. The maximum Gasteiger partial charge on any atom is 0.255 e. The Kier molecular flexibility index (Phi) is 7.18. The largest absolute Gasteiger partial charge is 1.00 e. The van der Waals surface area contributed by atoms with Crippen molar-refractivity contribution in [1.29, 1.82) is 0 Å². The first-order chi connectivity index (χ1) is 14.9. The summed E-state index contributed by atoms with van der Waals surface area (Å²) in [5.74, 6) is -0.234. The van der Waals surface area contributed by atoms with Gasteiger partial charge in [0.05, 0.1) is 17.9 Å². The molecular weight excluding hydrogens is 424 g/mol. The van der Waals surface area contributed by atoms with Gasteiger partial charge in [-0.2, -0.15) is 0 Å². The second kappa shape index (κ2) is 9.85. The number of fused-ring (bicyclic) bond motifs is 2. The Morgan fingerprint density at radius 3 is 2.28 bits per heavy atom. The summed E-state index contributed by atoms with van der Waals surface area (Å²) in [4.78, 5) is 29.6. The molecule has 3 aromatic carbocycles. The topological polar surface area (TPSA) is 78.7 Å². The van der Waals surface area contributed by atoms with Crippen LogP contribution in [0.25, 0.3) is 0 Å². The monoisotopic (exact) mass is 449 g/mol. The van der Waals surface area contributed by atoms with E-state index in [0.717, 1.165) is 35.3 Å². The third kappa shape index (κ3) is 4.93. The number of aryl methyl sites for hydroxylation is 2. The molecule has 3 aromatic rings. The van der Waals surface area contributed by atoms with Crippen LogP contribution < -0.4 is 28.4 Å². The van der Waals surface area contributed by atoms with Crippen molar-refractivity contribution >= 4 is 34.6 Å². The first-order valence-corrected chi connectivity index (χ1v) is 10.3. The molecule has 1 aliphatic heterocycles. The van der Waals surface area contributed by atoms with Crippen LogP contribution in [-0.2, 0) is 17.6 Å². The molecule has 0 aromatic heterocycles. The predicted molar refractivity (Wildman–Crippen MR) is 125 cm³/mol. The van der Waals surface area contributed by atoms with Gasteiger partial charge in [-0.15, -0.1) is 0 Å². The van der Waals surface area contributed by atoms with Crippen molar-refractivity contribution in [3.63, 3.8) is 0 Å². The second-order valence-corrected chi connectivity index (χ2v) is 8.02. The van der Waals surface area contributed by atoms with E-state index in [1.54, 1.807) is 29.2 Å². The SMILES string of the molecule is CN(C)CC(=O)N1c2ccccc2CCc2ccc(NC(=O)c3ccc(N)cc3)cc21.[Cl-]. The fourth-order valence-corrected chi connectivity index (χ4v) is 3.85. The third-order valence-corrected chi connectivity index (χ3v) is 5.35. The average molecular weight is 450 g/mol. The van der Waals surface area contributed by atoms with Gasteiger partial charge in [-0.05, 0) is 80.5 Å². The molecular formula is C25H26ClN4O2-. The number of benzene rings is 3. The van der Waals surface area contributed by atoms with E-state index in [0.29, 0.717) is 16.9 Å². The van der Waals surface area contributed by atoms with Crippen LogP contribution in [-0.4, -0.2) is 37.4 Å². The normalized spacial score (nSPS) is 12.3. The van der Waals surface area contributed by atoms with Crippen LogP contribution in [0.3, 0.4) is 0 Å². The van der Waals surface area contributed by atoms with Crippen molar-refractivity contribution in [1.82, 2.24) is 4.90 Å². The zero-order chi connectivity index (χ0) is 22.0. The number of carbonyl (C=O) groups excluding carboxylic acids is 2. The molecule has 0 atom stereocenters. The summed E-state index contributed by atoms with van der Waals surface area (Å²) in [6, 6.07) is 20.6. The molecule has 2 amide bonds. The van der Waals surface area contributed by atoms with Crippen molar-refractivity contribution in [3.8, 4) is 0 Å². The molecule has 0 saturated heterocycles. The first-order valence-electron chi connectivity index (χ1n) is 10.3. The smallest absolute Gasteiger partial charge is 0.255 e. The van der Waals surface area contributed by atoms with E-state index >= 15 is 0 Å². The Bertz CT molecular complexity index is 1130. The van der Waals surface area contributed by atoms with E-state index in [4.69, 9.17) is 5.73 Å². The maximum absolute atomic E-state index is 13.3. The quantitative estimate of drug-likeness (QED) is 0.579. The molecule has 32 heavy (non-hydrogen) atoms. The highest BCUT2D eigenvalue weighted by Crippen LogP contribution is 2.37. The Hall–Kier alpha value is -3.35. The number of rotatable bonds is 4. The number of para-hydroxylation sites is 1. The third-order valence-electron chi connectivity index (χ3n) is 5.35. The minimum Gasteiger partial charge on any atom is -1.00 e. The zero-order valence-corrected chi connectivity index (χ0v) is 18.9. The highest BCUT2D eigenvalue weighted by molar-refractivity contribution is 6.06. The Labute approximate surface area is 194 Å². The number of carbonyl (C=O) groups is 2. The molecule has 1 aliphatic rings. The van der Waals surface area contributed by atoms with Gasteiger partial charge in [0.2, 0.25) is 5.91 Å². The van der Waals surface area contributed by atoms with E-state index in [-0.39, 0.29) is 30.8 Å². The summed E-state index contributed by atoms with van der Waals surface area (Å²) >= 11 is 0.